The first-order valence-electron chi connectivity index (χ1n) is 4.94. The standard InChI is InChI=1S/C12H17ClO2/c1-7-5-10(12(14)9(3)13)11(15-4)6-8(7)2/h5-6,9,12,14H,1-4H3. The normalized spacial score (nSPS) is 14.8. The molecule has 0 bridgehead atoms. The zero-order chi connectivity index (χ0) is 11.6. The van der Waals surface area contributed by atoms with Crippen molar-refractivity contribution in [1.82, 2.24) is 0 Å². The van der Waals surface area contributed by atoms with Gasteiger partial charge >= 0.3 is 0 Å². The van der Waals surface area contributed by atoms with E-state index >= 15 is 0 Å². The lowest BCUT2D eigenvalue weighted by molar-refractivity contribution is 0.173. The summed E-state index contributed by atoms with van der Waals surface area (Å²) in [5.74, 6) is 0.693. The van der Waals surface area contributed by atoms with Gasteiger partial charge in [0.2, 0.25) is 0 Å². The van der Waals surface area contributed by atoms with Crippen LogP contribution in [0.5, 0.6) is 5.75 Å². The van der Waals surface area contributed by atoms with E-state index in [-0.39, 0.29) is 5.38 Å². The molecule has 0 aliphatic carbocycles. The summed E-state index contributed by atoms with van der Waals surface area (Å²) in [6.45, 7) is 5.78. The summed E-state index contributed by atoms with van der Waals surface area (Å²) in [7, 11) is 1.60. The fourth-order valence-electron chi connectivity index (χ4n) is 1.47. The Labute approximate surface area is 95.8 Å². The molecule has 0 heterocycles. The lowest BCUT2D eigenvalue weighted by Gasteiger charge is -2.18. The Morgan fingerprint density at radius 2 is 1.80 bits per heavy atom. The number of aliphatic hydroxyl groups is 1. The highest BCUT2D eigenvalue weighted by Gasteiger charge is 2.19. The maximum absolute atomic E-state index is 9.91. The Morgan fingerprint density at radius 1 is 1.27 bits per heavy atom. The van der Waals surface area contributed by atoms with Gasteiger partial charge < -0.3 is 9.84 Å². The topological polar surface area (TPSA) is 29.5 Å². The predicted molar refractivity (Wildman–Crippen MR) is 62.7 cm³/mol. The highest BCUT2D eigenvalue weighted by atomic mass is 35.5. The van der Waals surface area contributed by atoms with Crippen LogP contribution in [0.4, 0.5) is 0 Å². The van der Waals surface area contributed by atoms with Crippen LogP contribution in [0.15, 0.2) is 12.1 Å². The summed E-state index contributed by atoms with van der Waals surface area (Å²) in [5, 5.41) is 9.58. The Balaban J connectivity index is 3.21. The molecule has 0 aliphatic rings. The van der Waals surface area contributed by atoms with Crippen molar-refractivity contribution < 1.29 is 9.84 Å². The second-order valence-electron chi connectivity index (χ2n) is 3.80. The number of hydrogen-bond donors (Lipinski definition) is 1. The van der Waals surface area contributed by atoms with Gasteiger partial charge in [-0.25, -0.2) is 0 Å². The number of ether oxygens (including phenoxy) is 1. The second kappa shape index (κ2) is 4.86. The van der Waals surface area contributed by atoms with Crippen LogP contribution in [-0.2, 0) is 0 Å². The van der Waals surface area contributed by atoms with Gasteiger partial charge in [-0.05, 0) is 44.0 Å². The van der Waals surface area contributed by atoms with Gasteiger partial charge in [0.1, 0.15) is 5.75 Å². The van der Waals surface area contributed by atoms with Crippen LogP contribution < -0.4 is 4.74 Å². The van der Waals surface area contributed by atoms with Crippen LogP contribution in [0.1, 0.15) is 29.7 Å². The first kappa shape index (κ1) is 12.3. The number of methoxy groups -OCH3 is 1. The van der Waals surface area contributed by atoms with E-state index < -0.39 is 6.10 Å². The number of benzene rings is 1. The minimum Gasteiger partial charge on any atom is -0.496 e. The van der Waals surface area contributed by atoms with Crippen LogP contribution in [0.25, 0.3) is 0 Å². The third-order valence-electron chi connectivity index (χ3n) is 2.60. The molecule has 0 radical (unpaired) electrons. The van der Waals surface area contributed by atoms with Crippen LogP contribution >= 0.6 is 11.6 Å². The second-order valence-corrected chi connectivity index (χ2v) is 4.49. The summed E-state index contributed by atoms with van der Waals surface area (Å²) in [5.41, 5.74) is 3.02. The van der Waals surface area contributed by atoms with Crippen molar-refractivity contribution in [1.29, 1.82) is 0 Å². The molecule has 0 amide bonds. The van der Waals surface area contributed by atoms with Gasteiger partial charge in [-0.3, -0.25) is 0 Å². The fourth-order valence-corrected chi connectivity index (χ4v) is 1.60. The Morgan fingerprint density at radius 3 is 2.27 bits per heavy atom. The smallest absolute Gasteiger partial charge is 0.124 e. The van der Waals surface area contributed by atoms with Gasteiger partial charge in [0.05, 0.1) is 18.6 Å². The minimum absolute atomic E-state index is 0.332. The molecule has 0 spiro atoms. The number of hydrogen-bond acceptors (Lipinski definition) is 2. The zero-order valence-electron chi connectivity index (χ0n) is 9.54. The zero-order valence-corrected chi connectivity index (χ0v) is 10.3. The first-order valence-corrected chi connectivity index (χ1v) is 5.38. The monoisotopic (exact) mass is 228 g/mol. The average molecular weight is 229 g/mol. The van der Waals surface area contributed by atoms with E-state index in [1.54, 1.807) is 14.0 Å². The number of rotatable bonds is 3. The molecule has 0 aromatic heterocycles. The van der Waals surface area contributed by atoms with Crippen LogP contribution in [0, 0.1) is 13.8 Å². The molecule has 1 rings (SSSR count). The van der Waals surface area contributed by atoms with Crippen molar-refractivity contribution in [2.45, 2.75) is 32.3 Å². The lowest BCUT2D eigenvalue weighted by Crippen LogP contribution is -2.10. The summed E-state index contributed by atoms with van der Waals surface area (Å²) in [6, 6.07) is 3.85. The molecule has 3 heteroatoms. The predicted octanol–water partition coefficient (Wildman–Crippen LogP) is 2.97. The third kappa shape index (κ3) is 2.64. The molecule has 0 aliphatic heterocycles. The van der Waals surface area contributed by atoms with E-state index in [4.69, 9.17) is 16.3 Å². The highest BCUT2D eigenvalue weighted by molar-refractivity contribution is 6.20. The molecule has 2 unspecified atom stereocenters. The number of halogens is 1. The minimum atomic E-state index is -0.694. The molecule has 2 nitrogen and oxygen atoms in total. The summed E-state index contributed by atoms with van der Waals surface area (Å²) in [4.78, 5) is 0. The van der Waals surface area contributed by atoms with Gasteiger partial charge in [0.15, 0.2) is 0 Å². The van der Waals surface area contributed by atoms with Crippen molar-refractivity contribution in [2.75, 3.05) is 7.11 Å². The maximum atomic E-state index is 9.91. The maximum Gasteiger partial charge on any atom is 0.124 e. The van der Waals surface area contributed by atoms with Gasteiger partial charge in [0.25, 0.3) is 0 Å². The van der Waals surface area contributed by atoms with E-state index in [2.05, 4.69) is 0 Å². The molecule has 0 saturated carbocycles. The van der Waals surface area contributed by atoms with E-state index in [9.17, 15) is 5.11 Å². The van der Waals surface area contributed by atoms with Gasteiger partial charge in [-0.2, -0.15) is 0 Å². The lowest BCUT2D eigenvalue weighted by atomic mass is 10.00. The SMILES string of the molecule is COc1cc(C)c(C)cc1C(O)C(C)Cl. The van der Waals surface area contributed by atoms with Gasteiger partial charge in [-0.1, -0.05) is 0 Å². The quantitative estimate of drug-likeness (QED) is 0.806. The Kier molecular flexibility index (Phi) is 4.00. The fraction of sp³-hybridized carbons (Fsp3) is 0.500. The van der Waals surface area contributed by atoms with Crippen LogP contribution in [0.2, 0.25) is 0 Å². The highest BCUT2D eigenvalue weighted by Crippen LogP contribution is 2.31. The molecular weight excluding hydrogens is 212 g/mol. The summed E-state index contributed by atoms with van der Waals surface area (Å²) >= 11 is 5.88. The van der Waals surface area contributed by atoms with Gasteiger partial charge in [-0.15, -0.1) is 11.6 Å². The van der Waals surface area contributed by atoms with Crippen molar-refractivity contribution in [3.8, 4) is 5.75 Å². The molecule has 1 aromatic rings. The number of aryl methyl sites for hydroxylation is 2. The first-order chi connectivity index (χ1) is 6.97. The Bertz CT molecular complexity index is 348. The average Bonchev–Trinajstić information content (AvgIpc) is 2.20. The van der Waals surface area contributed by atoms with Crippen molar-refractivity contribution in [3.63, 3.8) is 0 Å². The van der Waals surface area contributed by atoms with E-state index in [1.807, 2.05) is 26.0 Å². The number of aliphatic hydroxyl groups excluding tert-OH is 1. The molecule has 84 valence electrons. The molecule has 1 N–H and O–H groups in total. The molecule has 2 atom stereocenters. The van der Waals surface area contributed by atoms with Crippen LogP contribution in [0.3, 0.4) is 0 Å². The number of alkyl halides is 1. The van der Waals surface area contributed by atoms with Crippen molar-refractivity contribution >= 4 is 11.6 Å². The van der Waals surface area contributed by atoms with E-state index in [0.29, 0.717) is 5.75 Å². The molecule has 15 heavy (non-hydrogen) atoms. The third-order valence-corrected chi connectivity index (χ3v) is 2.84. The summed E-state index contributed by atoms with van der Waals surface area (Å²) < 4.78 is 5.23. The van der Waals surface area contributed by atoms with Crippen LogP contribution in [-0.4, -0.2) is 17.6 Å². The van der Waals surface area contributed by atoms with Crippen molar-refractivity contribution in [3.05, 3.63) is 28.8 Å². The largest absolute Gasteiger partial charge is 0.496 e. The van der Waals surface area contributed by atoms with Gasteiger partial charge in [0, 0.05) is 5.56 Å². The van der Waals surface area contributed by atoms with Crippen molar-refractivity contribution in [2.24, 2.45) is 0 Å². The summed E-state index contributed by atoms with van der Waals surface area (Å²) in [6.07, 6.45) is -0.694. The molecule has 0 fully saturated rings. The molecular formula is C12H17ClO2. The Hall–Kier alpha value is -0.730. The molecule has 0 saturated heterocycles. The molecule has 1 aromatic carbocycles. The van der Waals surface area contributed by atoms with E-state index in [1.165, 1.54) is 0 Å². The van der Waals surface area contributed by atoms with E-state index in [0.717, 1.165) is 16.7 Å².